The van der Waals surface area contributed by atoms with E-state index in [0.29, 0.717) is 18.0 Å². The number of anilines is 1. The first-order valence-electron chi connectivity index (χ1n) is 7.90. The number of hydrogen-bond donors (Lipinski definition) is 2. The van der Waals surface area contributed by atoms with Crippen molar-refractivity contribution in [1.29, 1.82) is 0 Å². The lowest BCUT2D eigenvalue weighted by Crippen LogP contribution is -2.24. The first kappa shape index (κ1) is 18.4. The third-order valence-corrected chi connectivity index (χ3v) is 4.29. The lowest BCUT2D eigenvalue weighted by molar-refractivity contribution is -0.105. The molecule has 1 amide bonds. The Morgan fingerprint density at radius 1 is 1.21 bits per heavy atom. The number of halogens is 2. The maximum absolute atomic E-state index is 13.5. The number of carbonyl (C=O) groups excluding carboxylic acids is 1. The fourth-order valence-corrected chi connectivity index (χ4v) is 2.91. The highest BCUT2D eigenvalue weighted by Gasteiger charge is 2.13. The predicted octanol–water partition coefficient (Wildman–Crippen LogP) is 4.81. The molecule has 2 aromatic rings. The van der Waals surface area contributed by atoms with Gasteiger partial charge < -0.3 is 10.6 Å². The Labute approximate surface area is 147 Å². The largest absolute Gasteiger partial charge is 0.328 e. The molecule has 0 aromatic heterocycles. The van der Waals surface area contributed by atoms with Crippen molar-refractivity contribution in [1.82, 2.24) is 5.32 Å². The molecule has 3 nitrogen and oxygen atoms in total. The van der Waals surface area contributed by atoms with Gasteiger partial charge in [-0.3, -0.25) is 4.79 Å². The smallest absolute Gasteiger partial charge is 0.211 e. The van der Waals surface area contributed by atoms with Crippen LogP contribution in [0.3, 0.4) is 0 Å². The van der Waals surface area contributed by atoms with Crippen LogP contribution in [0.4, 0.5) is 10.1 Å². The van der Waals surface area contributed by atoms with Gasteiger partial charge in [-0.05, 0) is 60.7 Å². The molecular weight excluding hydrogens is 327 g/mol. The summed E-state index contributed by atoms with van der Waals surface area (Å²) in [5.74, 6) is -0.220. The van der Waals surface area contributed by atoms with Crippen LogP contribution in [0.15, 0.2) is 36.4 Å². The van der Waals surface area contributed by atoms with Crippen molar-refractivity contribution in [3.05, 3.63) is 63.9 Å². The van der Waals surface area contributed by atoms with Crippen molar-refractivity contribution in [2.75, 3.05) is 11.9 Å². The number of amides is 1. The molecule has 0 aliphatic heterocycles. The number of aryl methyl sites for hydroxylation is 1. The topological polar surface area (TPSA) is 41.1 Å². The number of hydrogen-bond acceptors (Lipinski definition) is 2. The normalized spacial score (nSPS) is 13.4. The van der Waals surface area contributed by atoms with E-state index < -0.39 is 0 Å². The standard InChI is InChI=1S/C19H22ClFN2O/c1-12-4-5-18(19(6-12)23-11-24)14(3)22-10-13(2)15-7-16(20)9-17(21)8-15/h4-9,11,13-14,22H,10H2,1-3H3,(H,23,24). The van der Waals surface area contributed by atoms with Gasteiger partial charge in [0.05, 0.1) is 0 Å². The van der Waals surface area contributed by atoms with Crippen molar-refractivity contribution in [2.45, 2.75) is 32.7 Å². The van der Waals surface area contributed by atoms with Crippen LogP contribution in [0, 0.1) is 12.7 Å². The zero-order chi connectivity index (χ0) is 17.7. The molecule has 2 unspecified atom stereocenters. The van der Waals surface area contributed by atoms with Gasteiger partial charge in [0.25, 0.3) is 0 Å². The van der Waals surface area contributed by atoms with E-state index in [1.807, 2.05) is 39.0 Å². The highest BCUT2D eigenvalue weighted by molar-refractivity contribution is 6.30. The van der Waals surface area contributed by atoms with Gasteiger partial charge in [0.15, 0.2) is 0 Å². The lowest BCUT2D eigenvalue weighted by Gasteiger charge is -2.21. The first-order valence-corrected chi connectivity index (χ1v) is 8.28. The van der Waals surface area contributed by atoms with Crippen molar-refractivity contribution in [2.24, 2.45) is 0 Å². The van der Waals surface area contributed by atoms with Gasteiger partial charge in [0.2, 0.25) is 6.41 Å². The first-order chi connectivity index (χ1) is 11.4. The Balaban J connectivity index is 2.07. The van der Waals surface area contributed by atoms with Crippen LogP contribution in [0.25, 0.3) is 0 Å². The van der Waals surface area contributed by atoms with E-state index >= 15 is 0 Å². The molecule has 0 bridgehead atoms. The predicted molar refractivity (Wildman–Crippen MR) is 97.1 cm³/mol. The van der Waals surface area contributed by atoms with Gasteiger partial charge >= 0.3 is 0 Å². The van der Waals surface area contributed by atoms with Gasteiger partial charge in [-0.25, -0.2) is 4.39 Å². The van der Waals surface area contributed by atoms with Crippen molar-refractivity contribution < 1.29 is 9.18 Å². The zero-order valence-corrected chi connectivity index (χ0v) is 14.8. The van der Waals surface area contributed by atoms with Crippen molar-refractivity contribution in [3.63, 3.8) is 0 Å². The summed E-state index contributed by atoms with van der Waals surface area (Å²) in [6.45, 7) is 6.69. The summed E-state index contributed by atoms with van der Waals surface area (Å²) in [4.78, 5) is 10.8. The van der Waals surface area contributed by atoms with E-state index in [9.17, 15) is 9.18 Å². The highest BCUT2D eigenvalue weighted by atomic mass is 35.5. The number of benzene rings is 2. The number of carbonyl (C=O) groups is 1. The Morgan fingerprint density at radius 3 is 2.62 bits per heavy atom. The van der Waals surface area contributed by atoms with Crippen LogP contribution < -0.4 is 10.6 Å². The molecule has 0 aliphatic carbocycles. The SMILES string of the molecule is Cc1ccc(C(C)NCC(C)c2cc(F)cc(Cl)c2)c(NC=O)c1. The Hall–Kier alpha value is -1.91. The van der Waals surface area contributed by atoms with Crippen LogP contribution >= 0.6 is 11.6 Å². The molecule has 2 aromatic carbocycles. The van der Waals surface area contributed by atoms with Gasteiger partial charge in [0.1, 0.15) is 5.82 Å². The Kier molecular flexibility index (Phi) is 6.35. The molecule has 0 spiro atoms. The van der Waals surface area contributed by atoms with Crippen molar-refractivity contribution >= 4 is 23.7 Å². The second kappa shape index (κ2) is 8.27. The quantitative estimate of drug-likeness (QED) is 0.705. The average Bonchev–Trinajstić information content (AvgIpc) is 2.52. The molecule has 2 rings (SSSR count). The Bertz CT molecular complexity index is 700. The molecule has 2 atom stereocenters. The third kappa shape index (κ3) is 4.79. The van der Waals surface area contributed by atoms with Gasteiger partial charge in [0, 0.05) is 23.3 Å². The molecule has 0 aliphatic rings. The summed E-state index contributed by atoms with van der Waals surface area (Å²) >= 11 is 5.92. The summed E-state index contributed by atoms with van der Waals surface area (Å²) < 4.78 is 13.5. The van der Waals surface area contributed by atoms with Crippen molar-refractivity contribution in [3.8, 4) is 0 Å². The minimum absolute atomic E-state index is 0.0412. The zero-order valence-electron chi connectivity index (χ0n) is 14.1. The second-order valence-corrected chi connectivity index (χ2v) is 6.52. The van der Waals surface area contributed by atoms with Gasteiger partial charge in [-0.15, -0.1) is 0 Å². The molecule has 128 valence electrons. The fourth-order valence-electron chi connectivity index (χ4n) is 2.68. The number of nitrogens with one attached hydrogen (secondary N) is 2. The summed E-state index contributed by atoms with van der Waals surface area (Å²) in [5, 5.41) is 6.58. The third-order valence-electron chi connectivity index (χ3n) is 4.07. The molecule has 0 saturated heterocycles. The lowest BCUT2D eigenvalue weighted by atomic mass is 9.99. The maximum Gasteiger partial charge on any atom is 0.211 e. The maximum atomic E-state index is 13.5. The monoisotopic (exact) mass is 348 g/mol. The summed E-state index contributed by atoms with van der Waals surface area (Å²) in [7, 11) is 0. The van der Waals surface area contributed by atoms with E-state index in [2.05, 4.69) is 10.6 Å². The molecule has 0 heterocycles. The van der Waals surface area contributed by atoms with Crippen LogP contribution in [0.2, 0.25) is 5.02 Å². The number of rotatable bonds is 7. The van der Waals surface area contributed by atoms with Crippen LogP contribution in [-0.4, -0.2) is 13.0 Å². The highest BCUT2D eigenvalue weighted by Crippen LogP contribution is 2.25. The molecule has 0 saturated carbocycles. The molecule has 0 radical (unpaired) electrons. The van der Waals surface area contributed by atoms with Gasteiger partial charge in [-0.2, -0.15) is 0 Å². The average molecular weight is 349 g/mol. The molecule has 5 heteroatoms. The molecule has 2 N–H and O–H groups in total. The summed E-state index contributed by atoms with van der Waals surface area (Å²) in [6, 6.07) is 10.6. The minimum atomic E-state index is -0.326. The van der Waals surface area contributed by atoms with Crippen LogP contribution in [-0.2, 0) is 4.79 Å². The molecule has 0 fully saturated rings. The minimum Gasteiger partial charge on any atom is -0.328 e. The van der Waals surface area contributed by atoms with Crippen LogP contribution in [0.1, 0.15) is 42.5 Å². The van der Waals surface area contributed by atoms with E-state index in [1.54, 1.807) is 6.07 Å². The molecule has 24 heavy (non-hydrogen) atoms. The molecular formula is C19H22ClFN2O. The van der Waals surface area contributed by atoms with E-state index in [0.717, 1.165) is 22.4 Å². The van der Waals surface area contributed by atoms with E-state index in [4.69, 9.17) is 11.6 Å². The van der Waals surface area contributed by atoms with Gasteiger partial charge in [-0.1, -0.05) is 30.7 Å². The summed E-state index contributed by atoms with van der Waals surface area (Å²) in [5.41, 5.74) is 3.75. The van der Waals surface area contributed by atoms with E-state index in [-0.39, 0.29) is 17.8 Å². The summed E-state index contributed by atoms with van der Waals surface area (Å²) in [6.07, 6.45) is 0.683. The Morgan fingerprint density at radius 2 is 1.96 bits per heavy atom. The second-order valence-electron chi connectivity index (χ2n) is 6.09. The van der Waals surface area contributed by atoms with Crippen LogP contribution in [0.5, 0.6) is 0 Å². The van der Waals surface area contributed by atoms with E-state index in [1.165, 1.54) is 12.1 Å². The fraction of sp³-hybridized carbons (Fsp3) is 0.316.